The summed E-state index contributed by atoms with van der Waals surface area (Å²) in [7, 11) is 0. The number of hydrogen-bond donors (Lipinski definition) is 2. The highest BCUT2D eigenvalue weighted by Gasteiger charge is 2.36. The summed E-state index contributed by atoms with van der Waals surface area (Å²) in [6, 6.07) is 17.3. The number of aromatic nitrogens is 2. The first-order valence-electron chi connectivity index (χ1n) is 8.44. The first kappa shape index (κ1) is 19.0. The van der Waals surface area contributed by atoms with E-state index in [9.17, 15) is 18.4 Å². The van der Waals surface area contributed by atoms with Gasteiger partial charge in [-0.1, -0.05) is 42.5 Å². The van der Waals surface area contributed by atoms with Crippen molar-refractivity contribution in [3.05, 3.63) is 77.2 Å². The van der Waals surface area contributed by atoms with Crippen LogP contribution in [0.4, 0.5) is 13.2 Å². The van der Waals surface area contributed by atoms with Gasteiger partial charge in [-0.3, -0.25) is 5.10 Å². The van der Waals surface area contributed by atoms with Crippen molar-refractivity contribution in [3.63, 3.8) is 0 Å². The zero-order chi connectivity index (χ0) is 20.6. The lowest BCUT2D eigenvalue weighted by Crippen LogP contribution is -2.21. The third-order valence-corrected chi connectivity index (χ3v) is 5.19. The van der Waals surface area contributed by atoms with E-state index in [1.807, 2.05) is 30.3 Å². The highest BCUT2D eigenvalue weighted by Crippen LogP contribution is 2.46. The van der Waals surface area contributed by atoms with Gasteiger partial charge in [-0.2, -0.15) is 18.4 Å². The Hall–Kier alpha value is -3.38. The smallest absolute Gasteiger partial charge is 0.420 e. The molecule has 0 aliphatic carbocycles. The number of ether oxygens (including phenoxy) is 1. The number of rotatable bonds is 3. The lowest BCUT2D eigenvalue weighted by molar-refractivity contribution is -0.0328. The molecule has 3 aromatic rings. The molecule has 0 bridgehead atoms. The van der Waals surface area contributed by atoms with Gasteiger partial charge in [0.05, 0.1) is 17.2 Å². The van der Waals surface area contributed by atoms with Gasteiger partial charge >= 0.3 is 5.51 Å². The number of nitrogens with one attached hydrogen (secondary N) is 1. The van der Waals surface area contributed by atoms with Crippen molar-refractivity contribution >= 4 is 11.8 Å². The SMILES string of the molecule is N#CC1=C(N)Oc2n[nH]c(-c3ccccc3)c2C1c1ccc(SC(F)(F)F)cc1. The van der Waals surface area contributed by atoms with E-state index in [-0.39, 0.29) is 34.0 Å². The second-order valence-corrected chi connectivity index (χ2v) is 7.36. The van der Waals surface area contributed by atoms with Crippen LogP contribution in [0.15, 0.2) is 70.9 Å². The van der Waals surface area contributed by atoms with Crippen molar-refractivity contribution in [2.24, 2.45) is 5.73 Å². The molecule has 9 heteroatoms. The number of halogens is 3. The predicted molar refractivity (Wildman–Crippen MR) is 102 cm³/mol. The van der Waals surface area contributed by atoms with Crippen LogP contribution in [-0.4, -0.2) is 15.7 Å². The molecule has 0 spiro atoms. The number of aromatic amines is 1. The van der Waals surface area contributed by atoms with Gasteiger partial charge in [0.1, 0.15) is 11.6 Å². The van der Waals surface area contributed by atoms with Gasteiger partial charge in [0.2, 0.25) is 11.8 Å². The fourth-order valence-electron chi connectivity index (χ4n) is 3.27. The van der Waals surface area contributed by atoms with E-state index in [1.165, 1.54) is 12.1 Å². The van der Waals surface area contributed by atoms with Crippen LogP contribution in [0.25, 0.3) is 11.3 Å². The van der Waals surface area contributed by atoms with Crippen LogP contribution in [0.3, 0.4) is 0 Å². The number of H-pyrrole nitrogens is 1. The van der Waals surface area contributed by atoms with Gasteiger partial charge in [0, 0.05) is 4.90 Å². The quantitative estimate of drug-likeness (QED) is 0.595. The Bertz CT molecular complexity index is 1120. The van der Waals surface area contributed by atoms with Crippen molar-refractivity contribution in [2.45, 2.75) is 16.3 Å². The summed E-state index contributed by atoms with van der Waals surface area (Å²) in [5, 5.41) is 16.8. The normalized spacial score (nSPS) is 16.1. The molecule has 29 heavy (non-hydrogen) atoms. The second-order valence-electron chi connectivity index (χ2n) is 6.23. The Morgan fingerprint density at radius 2 is 1.79 bits per heavy atom. The monoisotopic (exact) mass is 414 g/mol. The summed E-state index contributed by atoms with van der Waals surface area (Å²) in [4.78, 5) is 0.0551. The Labute approximate surface area is 168 Å². The first-order chi connectivity index (χ1) is 13.9. The predicted octanol–water partition coefficient (Wildman–Crippen LogP) is 4.91. The molecule has 5 nitrogen and oxygen atoms in total. The maximum atomic E-state index is 12.6. The Balaban J connectivity index is 1.82. The Morgan fingerprint density at radius 3 is 2.41 bits per heavy atom. The van der Waals surface area contributed by atoms with Crippen LogP contribution < -0.4 is 10.5 Å². The number of nitrogens with two attached hydrogens (primary N) is 1. The average molecular weight is 414 g/mol. The molecule has 0 radical (unpaired) electrons. The number of hydrogen-bond acceptors (Lipinski definition) is 5. The molecule has 2 heterocycles. The van der Waals surface area contributed by atoms with Gasteiger partial charge in [-0.15, -0.1) is 5.10 Å². The molecule has 0 saturated heterocycles. The molecule has 0 amide bonds. The van der Waals surface area contributed by atoms with E-state index < -0.39 is 11.4 Å². The molecular weight excluding hydrogens is 401 g/mol. The first-order valence-corrected chi connectivity index (χ1v) is 9.26. The Morgan fingerprint density at radius 1 is 1.10 bits per heavy atom. The number of nitrogens with zero attached hydrogens (tertiary/aromatic N) is 2. The zero-order valence-electron chi connectivity index (χ0n) is 14.7. The maximum Gasteiger partial charge on any atom is 0.446 e. The second kappa shape index (κ2) is 7.22. The zero-order valence-corrected chi connectivity index (χ0v) is 15.5. The summed E-state index contributed by atoms with van der Waals surface area (Å²) in [6.07, 6.45) is 0. The van der Waals surface area contributed by atoms with Crippen molar-refractivity contribution in [1.29, 1.82) is 5.26 Å². The van der Waals surface area contributed by atoms with E-state index in [4.69, 9.17) is 10.5 Å². The van der Waals surface area contributed by atoms with Crippen molar-refractivity contribution in [3.8, 4) is 23.2 Å². The standard InChI is InChI=1S/C20H13F3N4OS/c21-20(22,23)29-13-8-6-11(7-9-13)15-14(10-24)18(25)28-19-16(15)17(26-27-19)12-4-2-1-3-5-12/h1-9,15H,25H2,(H,26,27). The average Bonchev–Trinajstić information content (AvgIpc) is 3.10. The molecule has 1 aromatic heterocycles. The lowest BCUT2D eigenvalue weighted by atomic mass is 9.83. The number of benzene rings is 2. The number of alkyl halides is 3. The van der Waals surface area contributed by atoms with Crippen LogP contribution in [0.5, 0.6) is 5.88 Å². The van der Waals surface area contributed by atoms with Crippen LogP contribution >= 0.6 is 11.8 Å². The highest BCUT2D eigenvalue weighted by molar-refractivity contribution is 8.00. The molecule has 1 aliphatic rings. The van der Waals surface area contributed by atoms with Gasteiger partial charge in [-0.05, 0) is 35.0 Å². The number of fused-ring (bicyclic) bond motifs is 1. The van der Waals surface area contributed by atoms with Gasteiger partial charge < -0.3 is 10.5 Å². The van der Waals surface area contributed by atoms with Crippen LogP contribution in [0.2, 0.25) is 0 Å². The molecule has 0 saturated carbocycles. The number of thioether (sulfide) groups is 1. The third kappa shape index (κ3) is 3.67. The number of allylic oxidation sites excluding steroid dienone is 1. The molecule has 2 aromatic carbocycles. The summed E-state index contributed by atoms with van der Waals surface area (Å²) >= 11 is -0.194. The Kier molecular flexibility index (Phi) is 4.72. The molecule has 1 unspecified atom stereocenters. The van der Waals surface area contributed by atoms with E-state index >= 15 is 0 Å². The highest BCUT2D eigenvalue weighted by atomic mass is 32.2. The molecule has 3 N–H and O–H groups in total. The topological polar surface area (TPSA) is 87.7 Å². The fraction of sp³-hybridized carbons (Fsp3) is 0.100. The summed E-state index contributed by atoms with van der Waals surface area (Å²) in [5.74, 6) is -0.466. The van der Waals surface area contributed by atoms with E-state index in [0.29, 0.717) is 16.8 Å². The van der Waals surface area contributed by atoms with Crippen LogP contribution in [-0.2, 0) is 0 Å². The van der Waals surface area contributed by atoms with Crippen LogP contribution in [0.1, 0.15) is 17.0 Å². The maximum absolute atomic E-state index is 12.6. The summed E-state index contributed by atoms with van der Waals surface area (Å²) < 4.78 is 43.4. The molecule has 1 aliphatic heterocycles. The van der Waals surface area contributed by atoms with E-state index in [1.54, 1.807) is 12.1 Å². The summed E-state index contributed by atoms with van der Waals surface area (Å²) in [5.41, 5.74) is 4.42. The van der Waals surface area contributed by atoms with Gasteiger partial charge in [0.25, 0.3) is 0 Å². The minimum Gasteiger partial charge on any atom is -0.420 e. The summed E-state index contributed by atoms with van der Waals surface area (Å²) in [6.45, 7) is 0. The number of nitriles is 1. The lowest BCUT2D eigenvalue weighted by Gasteiger charge is -2.24. The fourth-order valence-corrected chi connectivity index (χ4v) is 3.80. The van der Waals surface area contributed by atoms with Crippen LogP contribution in [0, 0.1) is 11.3 Å². The molecular formula is C20H13F3N4OS. The van der Waals surface area contributed by atoms with Crippen molar-refractivity contribution < 1.29 is 17.9 Å². The molecule has 146 valence electrons. The van der Waals surface area contributed by atoms with Gasteiger partial charge in [-0.25, -0.2) is 0 Å². The van der Waals surface area contributed by atoms with E-state index in [0.717, 1.165) is 5.56 Å². The van der Waals surface area contributed by atoms with Gasteiger partial charge in [0.15, 0.2) is 0 Å². The molecule has 0 fully saturated rings. The van der Waals surface area contributed by atoms with Crippen molar-refractivity contribution in [2.75, 3.05) is 0 Å². The minimum atomic E-state index is -4.37. The minimum absolute atomic E-state index is 0.0551. The molecule has 4 rings (SSSR count). The third-order valence-electron chi connectivity index (χ3n) is 4.45. The largest absolute Gasteiger partial charge is 0.446 e. The van der Waals surface area contributed by atoms with E-state index in [2.05, 4.69) is 16.3 Å². The van der Waals surface area contributed by atoms with Crippen molar-refractivity contribution in [1.82, 2.24) is 10.2 Å². The molecule has 1 atom stereocenters.